The summed E-state index contributed by atoms with van der Waals surface area (Å²) in [5, 5.41) is 14.8. The van der Waals surface area contributed by atoms with Crippen molar-refractivity contribution in [1.82, 2.24) is 5.43 Å². The topological polar surface area (TPSA) is 103 Å². The number of nitro groups is 1. The van der Waals surface area contributed by atoms with Gasteiger partial charge in [0.15, 0.2) is 11.5 Å². The second-order valence-corrected chi connectivity index (χ2v) is 7.67. The molecule has 3 aromatic rings. The first-order valence-electron chi connectivity index (χ1n) is 9.51. The molecule has 9 heteroatoms. The van der Waals surface area contributed by atoms with Gasteiger partial charge in [0.25, 0.3) is 11.6 Å². The number of halogens is 1. The third-order valence-electron chi connectivity index (χ3n) is 4.45. The molecule has 32 heavy (non-hydrogen) atoms. The summed E-state index contributed by atoms with van der Waals surface area (Å²) in [5.74, 6) is 0.484. The lowest BCUT2D eigenvalue weighted by Crippen LogP contribution is -2.17. The maximum atomic E-state index is 12.2. The van der Waals surface area contributed by atoms with E-state index in [4.69, 9.17) is 9.47 Å². The first kappa shape index (κ1) is 23.0. The van der Waals surface area contributed by atoms with Gasteiger partial charge in [0, 0.05) is 17.7 Å². The summed E-state index contributed by atoms with van der Waals surface area (Å²) >= 11 is 3.49. The molecule has 0 heterocycles. The molecular formula is C23H20BrN3O5. The number of carbonyl (C=O) groups is 1. The van der Waals surface area contributed by atoms with Gasteiger partial charge in [0.05, 0.1) is 22.7 Å². The van der Waals surface area contributed by atoms with Crippen LogP contribution in [0.25, 0.3) is 0 Å². The zero-order valence-electron chi connectivity index (χ0n) is 17.4. The summed E-state index contributed by atoms with van der Waals surface area (Å²) in [6.45, 7) is 2.40. The SMILES string of the molecule is COc1cc(/C=N\NC(=O)c2cccc([N+](=O)[O-])c2)cc(Br)c1OCc1ccc(C)cc1. The lowest BCUT2D eigenvalue weighted by molar-refractivity contribution is -0.384. The predicted molar refractivity (Wildman–Crippen MR) is 124 cm³/mol. The Kier molecular flexibility index (Phi) is 7.56. The van der Waals surface area contributed by atoms with Gasteiger partial charge in [-0.15, -0.1) is 0 Å². The van der Waals surface area contributed by atoms with Crippen LogP contribution in [0.2, 0.25) is 0 Å². The van der Waals surface area contributed by atoms with E-state index < -0.39 is 10.8 Å². The third-order valence-corrected chi connectivity index (χ3v) is 5.04. The van der Waals surface area contributed by atoms with E-state index in [1.165, 1.54) is 43.2 Å². The first-order valence-corrected chi connectivity index (χ1v) is 10.3. The van der Waals surface area contributed by atoms with Crippen LogP contribution in [0.1, 0.15) is 27.0 Å². The van der Waals surface area contributed by atoms with Gasteiger partial charge in [0.2, 0.25) is 0 Å². The molecule has 0 saturated heterocycles. The Morgan fingerprint density at radius 1 is 1.19 bits per heavy atom. The number of ether oxygens (including phenoxy) is 2. The zero-order valence-corrected chi connectivity index (χ0v) is 19.0. The molecule has 0 fully saturated rings. The van der Waals surface area contributed by atoms with Gasteiger partial charge in [-0.25, -0.2) is 5.43 Å². The van der Waals surface area contributed by atoms with Crippen LogP contribution in [0.3, 0.4) is 0 Å². The predicted octanol–water partition coefficient (Wildman–Crippen LogP) is 5.02. The van der Waals surface area contributed by atoms with E-state index >= 15 is 0 Å². The van der Waals surface area contributed by atoms with Crippen molar-refractivity contribution in [3.8, 4) is 11.5 Å². The van der Waals surface area contributed by atoms with Gasteiger partial charge in [-0.2, -0.15) is 5.10 Å². The molecule has 0 unspecified atom stereocenters. The second kappa shape index (κ2) is 10.5. The van der Waals surface area contributed by atoms with E-state index in [-0.39, 0.29) is 11.3 Å². The highest BCUT2D eigenvalue weighted by molar-refractivity contribution is 9.10. The molecule has 0 aliphatic carbocycles. The number of hydrazone groups is 1. The van der Waals surface area contributed by atoms with Crippen LogP contribution >= 0.6 is 15.9 Å². The number of methoxy groups -OCH3 is 1. The van der Waals surface area contributed by atoms with Crippen molar-refractivity contribution in [3.63, 3.8) is 0 Å². The Hall–Kier alpha value is -3.72. The molecule has 8 nitrogen and oxygen atoms in total. The average Bonchev–Trinajstić information content (AvgIpc) is 2.79. The highest BCUT2D eigenvalue weighted by Gasteiger charge is 2.13. The fourth-order valence-electron chi connectivity index (χ4n) is 2.78. The molecule has 1 N–H and O–H groups in total. The molecule has 164 valence electrons. The third kappa shape index (κ3) is 5.92. The fraction of sp³-hybridized carbons (Fsp3) is 0.130. The van der Waals surface area contributed by atoms with E-state index in [9.17, 15) is 14.9 Å². The lowest BCUT2D eigenvalue weighted by atomic mass is 10.2. The highest BCUT2D eigenvalue weighted by Crippen LogP contribution is 2.36. The molecule has 0 atom stereocenters. The minimum atomic E-state index is -0.563. The van der Waals surface area contributed by atoms with Crippen LogP contribution in [0, 0.1) is 17.0 Å². The highest BCUT2D eigenvalue weighted by atomic mass is 79.9. The summed E-state index contributed by atoms with van der Waals surface area (Å²) < 4.78 is 12.0. The van der Waals surface area contributed by atoms with Crippen LogP contribution in [0.4, 0.5) is 5.69 Å². The normalized spacial score (nSPS) is 10.7. The number of hydrogen-bond acceptors (Lipinski definition) is 6. The average molecular weight is 498 g/mol. The lowest BCUT2D eigenvalue weighted by Gasteiger charge is -2.13. The first-order chi connectivity index (χ1) is 15.4. The molecular weight excluding hydrogens is 478 g/mol. The van der Waals surface area contributed by atoms with Crippen molar-refractivity contribution in [2.45, 2.75) is 13.5 Å². The summed E-state index contributed by atoms with van der Waals surface area (Å²) in [5.41, 5.74) is 5.17. The molecule has 0 bridgehead atoms. The van der Waals surface area contributed by atoms with Gasteiger partial charge in [-0.3, -0.25) is 14.9 Å². The Labute approximate surface area is 193 Å². The van der Waals surface area contributed by atoms with E-state index in [0.717, 1.165) is 5.56 Å². The number of nitrogens with zero attached hydrogens (tertiary/aromatic N) is 2. The largest absolute Gasteiger partial charge is 0.493 e. The Morgan fingerprint density at radius 3 is 2.62 bits per heavy atom. The quantitative estimate of drug-likeness (QED) is 0.267. The van der Waals surface area contributed by atoms with Crippen LogP contribution in [0.15, 0.2) is 70.2 Å². The number of nitro benzene ring substituents is 1. The van der Waals surface area contributed by atoms with Crippen molar-refractivity contribution in [3.05, 3.63) is 97.5 Å². The molecule has 0 spiro atoms. The minimum absolute atomic E-state index is 0.134. The van der Waals surface area contributed by atoms with Crippen molar-refractivity contribution < 1.29 is 19.2 Å². The number of non-ortho nitro benzene ring substituents is 1. The number of hydrogen-bond donors (Lipinski definition) is 1. The molecule has 0 aromatic heterocycles. The van der Waals surface area contributed by atoms with E-state index in [1.54, 1.807) is 12.1 Å². The zero-order chi connectivity index (χ0) is 23.1. The van der Waals surface area contributed by atoms with Crippen molar-refractivity contribution in [1.29, 1.82) is 0 Å². The number of amides is 1. The molecule has 0 aliphatic heterocycles. The van der Waals surface area contributed by atoms with Gasteiger partial charge in [0.1, 0.15) is 6.61 Å². The van der Waals surface area contributed by atoms with Gasteiger partial charge >= 0.3 is 0 Å². The van der Waals surface area contributed by atoms with Gasteiger partial charge in [-0.1, -0.05) is 35.9 Å². The van der Waals surface area contributed by atoms with Gasteiger partial charge in [-0.05, 0) is 52.2 Å². The number of rotatable bonds is 8. The fourth-order valence-corrected chi connectivity index (χ4v) is 3.36. The number of benzene rings is 3. The van der Waals surface area contributed by atoms with Gasteiger partial charge < -0.3 is 9.47 Å². The summed E-state index contributed by atoms with van der Waals surface area (Å²) in [4.78, 5) is 22.5. The smallest absolute Gasteiger partial charge is 0.271 e. The Bertz CT molecular complexity index is 1160. The number of aryl methyl sites for hydroxylation is 1. The molecule has 0 saturated carbocycles. The molecule has 1 amide bonds. The maximum Gasteiger partial charge on any atom is 0.271 e. The standard InChI is InChI=1S/C23H20BrN3O5/c1-15-6-8-16(9-7-15)14-32-22-20(24)10-17(11-21(22)31-2)13-25-26-23(28)18-4-3-5-19(12-18)27(29)30/h3-13H,14H2,1-2H3,(H,26,28)/b25-13-. The number of carbonyl (C=O) groups excluding carboxylic acids is 1. The summed E-state index contributed by atoms with van der Waals surface area (Å²) in [6.07, 6.45) is 1.44. The maximum absolute atomic E-state index is 12.2. The van der Waals surface area contributed by atoms with Crippen molar-refractivity contribution in [2.75, 3.05) is 7.11 Å². The molecule has 3 rings (SSSR count). The van der Waals surface area contributed by atoms with Crippen LogP contribution < -0.4 is 14.9 Å². The summed E-state index contributed by atoms with van der Waals surface area (Å²) in [6, 6.07) is 16.9. The van der Waals surface area contributed by atoms with Crippen LogP contribution in [0.5, 0.6) is 11.5 Å². The molecule has 0 radical (unpaired) electrons. The van der Waals surface area contributed by atoms with E-state index in [0.29, 0.717) is 28.1 Å². The van der Waals surface area contributed by atoms with Crippen LogP contribution in [-0.4, -0.2) is 24.2 Å². The summed E-state index contributed by atoms with van der Waals surface area (Å²) in [7, 11) is 1.53. The van der Waals surface area contributed by atoms with Crippen LogP contribution in [-0.2, 0) is 6.61 Å². The van der Waals surface area contributed by atoms with Crippen molar-refractivity contribution >= 4 is 33.7 Å². The van der Waals surface area contributed by atoms with E-state index in [2.05, 4.69) is 26.5 Å². The Balaban J connectivity index is 1.69. The Morgan fingerprint density at radius 2 is 1.94 bits per heavy atom. The van der Waals surface area contributed by atoms with E-state index in [1.807, 2.05) is 31.2 Å². The molecule has 3 aromatic carbocycles. The van der Waals surface area contributed by atoms with Crippen molar-refractivity contribution in [2.24, 2.45) is 5.10 Å². The molecule has 0 aliphatic rings. The monoisotopic (exact) mass is 497 g/mol. The minimum Gasteiger partial charge on any atom is -0.493 e. The second-order valence-electron chi connectivity index (χ2n) is 6.81. The number of nitrogens with one attached hydrogen (secondary N) is 1.